The van der Waals surface area contributed by atoms with Crippen molar-refractivity contribution >= 4 is 5.69 Å². The number of anilines is 1. The number of hydrogen-bond acceptors (Lipinski definition) is 3. The molecule has 0 heterocycles. The quantitative estimate of drug-likeness (QED) is 0.682. The van der Waals surface area contributed by atoms with Crippen LogP contribution >= 0.6 is 0 Å². The molecule has 0 aliphatic rings. The van der Waals surface area contributed by atoms with Gasteiger partial charge in [-0.3, -0.25) is 0 Å². The molecule has 0 bridgehead atoms. The zero-order valence-electron chi connectivity index (χ0n) is 8.53. The van der Waals surface area contributed by atoms with E-state index in [4.69, 9.17) is 10.00 Å². The smallest absolute Gasteiger partial charge is 0.121 e. The highest BCUT2D eigenvalue weighted by Crippen LogP contribution is 2.19. The summed E-state index contributed by atoms with van der Waals surface area (Å²) in [6.07, 6.45) is 0.423. The second kappa shape index (κ2) is 5.13. The molecule has 0 saturated carbocycles. The van der Waals surface area contributed by atoms with Crippen molar-refractivity contribution in [2.24, 2.45) is 0 Å². The van der Waals surface area contributed by atoms with Gasteiger partial charge in [-0.15, -0.1) is 0 Å². The van der Waals surface area contributed by atoms with Crippen molar-refractivity contribution < 1.29 is 4.74 Å². The molecule has 0 amide bonds. The first kappa shape index (κ1) is 10.4. The van der Waals surface area contributed by atoms with E-state index in [2.05, 4.69) is 0 Å². The fourth-order valence-corrected chi connectivity index (χ4v) is 1.07. The maximum Gasteiger partial charge on any atom is 0.121 e. The molecule has 0 aliphatic heterocycles. The third kappa shape index (κ3) is 2.98. The number of hydrogen-bond donors (Lipinski definition) is 0. The van der Waals surface area contributed by atoms with Crippen LogP contribution in [0.25, 0.3) is 0 Å². The van der Waals surface area contributed by atoms with Crippen molar-refractivity contribution in [3.63, 3.8) is 0 Å². The summed E-state index contributed by atoms with van der Waals surface area (Å²) in [6.45, 7) is 0.452. The zero-order valence-corrected chi connectivity index (χ0v) is 8.53. The van der Waals surface area contributed by atoms with E-state index in [9.17, 15) is 0 Å². The van der Waals surface area contributed by atoms with Crippen LogP contribution in [0, 0.1) is 11.3 Å². The molecule has 3 nitrogen and oxygen atoms in total. The predicted octanol–water partition coefficient (Wildman–Crippen LogP) is 2.05. The highest BCUT2D eigenvalue weighted by atomic mass is 16.5. The lowest BCUT2D eigenvalue weighted by molar-refractivity contribution is 0.326. The highest BCUT2D eigenvalue weighted by molar-refractivity contribution is 5.49. The van der Waals surface area contributed by atoms with E-state index in [-0.39, 0.29) is 0 Å². The van der Waals surface area contributed by atoms with Gasteiger partial charge < -0.3 is 9.64 Å². The second-order valence-corrected chi connectivity index (χ2v) is 3.15. The third-order valence-electron chi connectivity index (χ3n) is 1.82. The molecule has 0 fully saturated rings. The summed E-state index contributed by atoms with van der Waals surface area (Å²) in [7, 11) is 3.96. The number of nitrogens with zero attached hydrogens (tertiary/aromatic N) is 2. The van der Waals surface area contributed by atoms with Crippen LogP contribution < -0.4 is 9.64 Å². The fourth-order valence-electron chi connectivity index (χ4n) is 1.07. The van der Waals surface area contributed by atoms with Crippen molar-refractivity contribution in [2.45, 2.75) is 6.42 Å². The van der Waals surface area contributed by atoms with Gasteiger partial charge in [-0.25, -0.2) is 0 Å². The lowest BCUT2D eigenvalue weighted by atomic mass is 10.3. The van der Waals surface area contributed by atoms with Gasteiger partial charge in [0.15, 0.2) is 0 Å². The van der Waals surface area contributed by atoms with Crippen LogP contribution in [0.2, 0.25) is 0 Å². The largest absolute Gasteiger partial charge is 0.492 e. The molecule has 1 rings (SSSR count). The first-order chi connectivity index (χ1) is 6.74. The van der Waals surface area contributed by atoms with Crippen molar-refractivity contribution in [1.82, 2.24) is 0 Å². The summed E-state index contributed by atoms with van der Waals surface area (Å²) in [5, 5.41) is 8.35. The van der Waals surface area contributed by atoms with Gasteiger partial charge >= 0.3 is 0 Å². The van der Waals surface area contributed by atoms with E-state index in [0.717, 1.165) is 11.4 Å². The number of benzene rings is 1. The lowest BCUT2D eigenvalue weighted by Gasteiger charge is -2.13. The molecule has 0 spiro atoms. The summed E-state index contributed by atoms with van der Waals surface area (Å²) in [4.78, 5) is 2.01. The standard InChI is InChI=1S/C11H14N2O/c1-13(2)10-5-3-6-11(9-10)14-8-4-7-12/h3,5-6,9H,4,8H2,1-2H3. The summed E-state index contributed by atoms with van der Waals surface area (Å²) < 4.78 is 5.39. The molecule has 0 N–H and O–H groups in total. The van der Waals surface area contributed by atoms with Crippen LogP contribution in [0.4, 0.5) is 5.69 Å². The second-order valence-electron chi connectivity index (χ2n) is 3.15. The van der Waals surface area contributed by atoms with Gasteiger partial charge in [-0.05, 0) is 12.1 Å². The van der Waals surface area contributed by atoms with Crippen LogP contribution in [-0.2, 0) is 0 Å². The Kier molecular flexibility index (Phi) is 3.81. The molecule has 0 aromatic heterocycles. The zero-order chi connectivity index (χ0) is 10.4. The fraction of sp³-hybridized carbons (Fsp3) is 0.364. The minimum absolute atomic E-state index is 0.423. The average molecular weight is 190 g/mol. The molecule has 1 aromatic rings. The van der Waals surface area contributed by atoms with Gasteiger partial charge in [0.2, 0.25) is 0 Å². The number of rotatable bonds is 4. The molecule has 1 aromatic carbocycles. The molecule has 14 heavy (non-hydrogen) atoms. The molecule has 74 valence electrons. The molecule has 0 saturated heterocycles. The molecular formula is C11H14N2O. The Morgan fingerprint density at radius 2 is 2.21 bits per heavy atom. The van der Waals surface area contributed by atoms with E-state index >= 15 is 0 Å². The summed E-state index contributed by atoms with van der Waals surface area (Å²) in [5.74, 6) is 0.812. The topological polar surface area (TPSA) is 36.3 Å². The number of ether oxygens (including phenoxy) is 1. The Hall–Kier alpha value is -1.69. The molecule has 0 atom stereocenters. The van der Waals surface area contributed by atoms with Gasteiger partial charge in [-0.1, -0.05) is 6.07 Å². The lowest BCUT2D eigenvalue weighted by Crippen LogP contribution is -2.08. The third-order valence-corrected chi connectivity index (χ3v) is 1.82. The first-order valence-corrected chi connectivity index (χ1v) is 4.51. The van der Waals surface area contributed by atoms with Gasteiger partial charge in [0.1, 0.15) is 12.4 Å². The summed E-state index contributed by atoms with van der Waals surface area (Å²) in [6, 6.07) is 9.84. The maximum atomic E-state index is 8.35. The molecule has 0 unspecified atom stereocenters. The van der Waals surface area contributed by atoms with Crippen molar-refractivity contribution in [3.05, 3.63) is 24.3 Å². The van der Waals surface area contributed by atoms with Gasteiger partial charge in [0.25, 0.3) is 0 Å². The van der Waals surface area contributed by atoms with Crippen LogP contribution in [0.1, 0.15) is 6.42 Å². The van der Waals surface area contributed by atoms with Crippen LogP contribution in [0.5, 0.6) is 5.75 Å². The number of nitriles is 1. The SMILES string of the molecule is CN(C)c1cccc(OCCC#N)c1. The Bertz CT molecular complexity index is 328. The minimum atomic E-state index is 0.423. The van der Waals surface area contributed by atoms with E-state index in [1.807, 2.05) is 49.3 Å². The van der Waals surface area contributed by atoms with Gasteiger partial charge in [0.05, 0.1) is 12.5 Å². The normalized spacial score (nSPS) is 9.21. The molecular weight excluding hydrogens is 176 g/mol. The van der Waals surface area contributed by atoms with Crippen molar-refractivity contribution in [2.75, 3.05) is 25.6 Å². The van der Waals surface area contributed by atoms with E-state index in [1.165, 1.54) is 0 Å². The van der Waals surface area contributed by atoms with Crippen LogP contribution in [0.15, 0.2) is 24.3 Å². The van der Waals surface area contributed by atoms with E-state index < -0.39 is 0 Å². The highest BCUT2D eigenvalue weighted by Gasteiger charge is 1.97. The summed E-state index contributed by atoms with van der Waals surface area (Å²) >= 11 is 0. The average Bonchev–Trinajstić information content (AvgIpc) is 2.19. The van der Waals surface area contributed by atoms with Crippen LogP contribution in [0.3, 0.4) is 0 Å². The summed E-state index contributed by atoms with van der Waals surface area (Å²) in [5.41, 5.74) is 1.10. The predicted molar refractivity (Wildman–Crippen MR) is 56.5 cm³/mol. The van der Waals surface area contributed by atoms with Gasteiger partial charge in [-0.2, -0.15) is 5.26 Å². The van der Waals surface area contributed by atoms with Crippen molar-refractivity contribution in [1.29, 1.82) is 5.26 Å². The van der Waals surface area contributed by atoms with Crippen molar-refractivity contribution in [3.8, 4) is 11.8 Å². The molecule has 3 heteroatoms. The monoisotopic (exact) mass is 190 g/mol. The van der Waals surface area contributed by atoms with Crippen LogP contribution in [-0.4, -0.2) is 20.7 Å². The maximum absolute atomic E-state index is 8.35. The van der Waals surface area contributed by atoms with E-state index in [0.29, 0.717) is 13.0 Å². The molecule has 0 aliphatic carbocycles. The Morgan fingerprint density at radius 1 is 1.43 bits per heavy atom. The Labute approximate surface area is 84.5 Å². The Morgan fingerprint density at radius 3 is 2.86 bits per heavy atom. The first-order valence-electron chi connectivity index (χ1n) is 4.51. The van der Waals surface area contributed by atoms with E-state index in [1.54, 1.807) is 0 Å². The molecule has 0 radical (unpaired) electrons. The van der Waals surface area contributed by atoms with Gasteiger partial charge in [0, 0.05) is 25.8 Å². The minimum Gasteiger partial charge on any atom is -0.492 e. The Balaban J connectivity index is 2.60.